The summed E-state index contributed by atoms with van der Waals surface area (Å²) in [6, 6.07) is 7.05. The Morgan fingerprint density at radius 2 is 1.88 bits per heavy atom. The molecule has 0 aliphatic heterocycles. The van der Waals surface area contributed by atoms with Gasteiger partial charge in [-0.3, -0.25) is 4.79 Å². The maximum absolute atomic E-state index is 12.4. The summed E-state index contributed by atoms with van der Waals surface area (Å²) in [7, 11) is 0. The van der Waals surface area contributed by atoms with E-state index >= 15 is 0 Å². The monoisotopic (exact) mass is 349 g/mol. The summed E-state index contributed by atoms with van der Waals surface area (Å²) in [5.74, 6) is -0.213. The summed E-state index contributed by atoms with van der Waals surface area (Å²) in [5.41, 5.74) is -0.0429. The number of hydrogen-bond donors (Lipinski definition) is 1. The van der Waals surface area contributed by atoms with E-state index in [2.05, 4.69) is 15.7 Å². The van der Waals surface area contributed by atoms with Crippen LogP contribution in [0.5, 0.6) is 0 Å². The second kappa shape index (κ2) is 7.61. The molecule has 128 valence electrons. The molecule has 7 nitrogen and oxygen atoms in total. The number of benzene rings is 1. The predicted octanol–water partition coefficient (Wildman–Crippen LogP) is 1.92. The number of tetrazole rings is 1. The normalized spacial score (nSPS) is 15.9. The Labute approximate surface area is 144 Å². The van der Waals surface area contributed by atoms with Gasteiger partial charge in [0, 0.05) is 6.04 Å². The molecule has 1 heterocycles. The number of nitrogens with zero attached hydrogens (tertiary/aromatic N) is 4. The quantitative estimate of drug-likeness (QED) is 0.855. The van der Waals surface area contributed by atoms with Crippen molar-refractivity contribution >= 4 is 17.5 Å². The average molecular weight is 350 g/mol. The molecule has 1 aliphatic rings. The van der Waals surface area contributed by atoms with Gasteiger partial charge >= 0.3 is 5.69 Å². The van der Waals surface area contributed by atoms with Gasteiger partial charge in [-0.15, -0.1) is 0 Å². The summed E-state index contributed by atoms with van der Waals surface area (Å²) in [6.07, 6.45) is 6.69. The van der Waals surface area contributed by atoms with E-state index < -0.39 is 5.69 Å². The van der Waals surface area contributed by atoms with Crippen LogP contribution < -0.4 is 11.0 Å². The van der Waals surface area contributed by atoms with Crippen LogP contribution in [0.2, 0.25) is 5.02 Å². The number of carbonyl (C=O) groups is 1. The van der Waals surface area contributed by atoms with E-state index in [4.69, 9.17) is 11.6 Å². The largest absolute Gasteiger partial charge is 0.369 e. The Morgan fingerprint density at radius 1 is 1.17 bits per heavy atom. The summed E-state index contributed by atoms with van der Waals surface area (Å²) in [5, 5.41) is 11.0. The molecule has 0 atom stereocenters. The minimum atomic E-state index is -0.487. The molecule has 0 spiro atoms. The van der Waals surface area contributed by atoms with Crippen LogP contribution in [0.15, 0.2) is 29.1 Å². The number of hydrogen-bond acceptors (Lipinski definition) is 4. The standard InChI is InChI=1S/C16H20ClN5O2/c17-13-9-5-6-10-14(13)22-16(24)21(19-20-22)11-15(23)18-12-7-3-1-2-4-8-12/h5-6,9-10,12H,1-4,7-8,11H2,(H,18,23). The van der Waals surface area contributed by atoms with E-state index in [-0.39, 0.29) is 18.5 Å². The molecule has 1 saturated carbocycles. The molecule has 0 unspecified atom stereocenters. The van der Waals surface area contributed by atoms with Crippen molar-refractivity contribution in [2.24, 2.45) is 0 Å². The van der Waals surface area contributed by atoms with Gasteiger partial charge in [-0.05, 0) is 35.4 Å². The third-order valence-electron chi connectivity index (χ3n) is 4.23. The van der Waals surface area contributed by atoms with E-state index in [1.165, 1.54) is 12.8 Å². The first-order valence-corrected chi connectivity index (χ1v) is 8.60. The highest BCUT2D eigenvalue weighted by Gasteiger charge is 2.17. The van der Waals surface area contributed by atoms with Crippen molar-refractivity contribution in [2.75, 3.05) is 0 Å². The average Bonchev–Trinajstić information content (AvgIpc) is 2.76. The fourth-order valence-corrected chi connectivity index (χ4v) is 3.20. The molecule has 0 bridgehead atoms. The molecule has 1 N–H and O–H groups in total. The first-order valence-electron chi connectivity index (χ1n) is 8.22. The zero-order chi connectivity index (χ0) is 16.9. The Bertz CT molecular complexity index is 762. The molecule has 8 heteroatoms. The minimum Gasteiger partial charge on any atom is -0.352 e. The van der Waals surface area contributed by atoms with Crippen LogP contribution in [0.3, 0.4) is 0 Å². The van der Waals surface area contributed by atoms with Gasteiger partial charge in [-0.25, -0.2) is 4.79 Å². The van der Waals surface area contributed by atoms with E-state index in [0.717, 1.165) is 35.0 Å². The maximum atomic E-state index is 12.4. The molecule has 3 rings (SSSR count). The molecular weight excluding hydrogens is 330 g/mol. The molecule has 0 saturated heterocycles. The Morgan fingerprint density at radius 3 is 2.58 bits per heavy atom. The van der Waals surface area contributed by atoms with Crippen LogP contribution in [0, 0.1) is 0 Å². The van der Waals surface area contributed by atoms with Gasteiger partial charge in [0.15, 0.2) is 0 Å². The summed E-state index contributed by atoms with van der Waals surface area (Å²) >= 11 is 6.07. The van der Waals surface area contributed by atoms with Gasteiger partial charge in [0.05, 0.1) is 10.7 Å². The first-order chi connectivity index (χ1) is 11.6. The van der Waals surface area contributed by atoms with Crippen LogP contribution in [-0.2, 0) is 11.3 Å². The van der Waals surface area contributed by atoms with Crippen LogP contribution in [0.1, 0.15) is 38.5 Å². The molecule has 24 heavy (non-hydrogen) atoms. The number of para-hydroxylation sites is 1. The second-order valence-electron chi connectivity index (χ2n) is 6.04. The van der Waals surface area contributed by atoms with Crippen molar-refractivity contribution < 1.29 is 4.79 Å². The molecule has 2 aromatic rings. The summed E-state index contributed by atoms with van der Waals surface area (Å²) in [4.78, 5) is 24.6. The van der Waals surface area contributed by atoms with E-state index in [9.17, 15) is 9.59 Å². The molecule has 0 radical (unpaired) electrons. The number of rotatable bonds is 4. The molecule has 1 aromatic heterocycles. The van der Waals surface area contributed by atoms with Crippen molar-refractivity contribution in [2.45, 2.75) is 51.1 Å². The Hall–Kier alpha value is -2.15. The highest BCUT2D eigenvalue weighted by atomic mass is 35.5. The van der Waals surface area contributed by atoms with Gasteiger partial charge < -0.3 is 5.32 Å². The number of aromatic nitrogens is 4. The van der Waals surface area contributed by atoms with Crippen molar-refractivity contribution in [1.82, 2.24) is 25.1 Å². The van der Waals surface area contributed by atoms with Gasteiger partial charge in [-0.1, -0.05) is 49.4 Å². The lowest BCUT2D eigenvalue weighted by Crippen LogP contribution is -2.39. The third-order valence-corrected chi connectivity index (χ3v) is 4.55. The minimum absolute atomic E-state index is 0.139. The maximum Gasteiger partial charge on any atom is 0.369 e. The van der Waals surface area contributed by atoms with E-state index in [1.807, 2.05) is 0 Å². The SMILES string of the molecule is O=C(Cn1nnn(-c2ccccc2Cl)c1=O)NC1CCCCCC1. The zero-order valence-electron chi connectivity index (χ0n) is 13.3. The number of amides is 1. The molecular formula is C16H20ClN5O2. The third kappa shape index (κ3) is 3.84. The molecule has 1 aliphatic carbocycles. The topological polar surface area (TPSA) is 81.8 Å². The van der Waals surface area contributed by atoms with Gasteiger partial charge in [0.2, 0.25) is 5.91 Å². The van der Waals surface area contributed by atoms with Crippen LogP contribution >= 0.6 is 11.6 Å². The Kier molecular flexibility index (Phi) is 5.30. The molecule has 1 aromatic carbocycles. The lowest BCUT2D eigenvalue weighted by atomic mass is 10.1. The second-order valence-corrected chi connectivity index (χ2v) is 6.45. The van der Waals surface area contributed by atoms with Crippen molar-refractivity contribution in [3.8, 4) is 5.69 Å². The highest BCUT2D eigenvalue weighted by Crippen LogP contribution is 2.18. The van der Waals surface area contributed by atoms with Gasteiger partial charge in [-0.2, -0.15) is 9.36 Å². The fourth-order valence-electron chi connectivity index (χ4n) is 2.98. The van der Waals surface area contributed by atoms with Gasteiger partial charge in [0.1, 0.15) is 6.54 Å². The van der Waals surface area contributed by atoms with Crippen molar-refractivity contribution in [1.29, 1.82) is 0 Å². The first kappa shape index (κ1) is 16.7. The molecule has 1 fully saturated rings. The van der Waals surface area contributed by atoms with Crippen LogP contribution in [0.25, 0.3) is 5.69 Å². The van der Waals surface area contributed by atoms with Crippen molar-refractivity contribution in [3.63, 3.8) is 0 Å². The predicted molar refractivity (Wildman–Crippen MR) is 90.3 cm³/mol. The number of carbonyl (C=O) groups excluding carboxylic acids is 1. The van der Waals surface area contributed by atoms with Crippen molar-refractivity contribution in [3.05, 3.63) is 39.8 Å². The Balaban J connectivity index is 1.69. The lowest BCUT2D eigenvalue weighted by Gasteiger charge is -2.15. The summed E-state index contributed by atoms with van der Waals surface area (Å²) in [6.45, 7) is -0.139. The van der Waals surface area contributed by atoms with E-state index in [0.29, 0.717) is 10.7 Å². The van der Waals surface area contributed by atoms with Crippen LogP contribution in [0.4, 0.5) is 0 Å². The smallest absolute Gasteiger partial charge is 0.352 e. The van der Waals surface area contributed by atoms with Crippen LogP contribution in [-0.4, -0.2) is 31.7 Å². The fraction of sp³-hybridized carbons (Fsp3) is 0.500. The summed E-state index contributed by atoms with van der Waals surface area (Å²) < 4.78 is 2.15. The van der Waals surface area contributed by atoms with E-state index in [1.54, 1.807) is 24.3 Å². The van der Waals surface area contributed by atoms with Gasteiger partial charge in [0.25, 0.3) is 0 Å². The molecule has 1 amide bonds. The number of halogens is 1. The highest BCUT2D eigenvalue weighted by molar-refractivity contribution is 6.32. The lowest BCUT2D eigenvalue weighted by molar-refractivity contribution is -0.122. The zero-order valence-corrected chi connectivity index (χ0v) is 14.1. The number of nitrogens with one attached hydrogen (secondary N) is 1.